The fourth-order valence-electron chi connectivity index (χ4n) is 2.10. The van der Waals surface area contributed by atoms with E-state index in [0.29, 0.717) is 12.2 Å². The van der Waals surface area contributed by atoms with Crippen molar-refractivity contribution in [3.05, 3.63) is 62.0 Å². The highest BCUT2D eigenvalue weighted by Crippen LogP contribution is 2.33. The first-order valence-electron chi connectivity index (χ1n) is 6.28. The average Bonchev–Trinajstić information content (AvgIpc) is 2.41. The zero-order valence-corrected chi connectivity index (χ0v) is 14.5. The van der Waals surface area contributed by atoms with Crippen molar-refractivity contribution in [3.63, 3.8) is 0 Å². The van der Waals surface area contributed by atoms with Gasteiger partial charge in [0.1, 0.15) is 5.75 Å². The summed E-state index contributed by atoms with van der Waals surface area (Å²) in [6.45, 7) is 2.00. The van der Waals surface area contributed by atoms with Gasteiger partial charge in [0.15, 0.2) is 0 Å². The maximum absolute atomic E-state index is 10.5. The molecule has 0 bridgehead atoms. The Hall–Kier alpha value is -0.840. The largest absolute Gasteiger partial charge is 0.496 e. The van der Waals surface area contributed by atoms with E-state index >= 15 is 0 Å². The summed E-state index contributed by atoms with van der Waals surface area (Å²) < 4.78 is 7.36. The quantitative estimate of drug-likeness (QED) is 0.799. The van der Waals surface area contributed by atoms with Crippen LogP contribution in [0.4, 0.5) is 0 Å². The fraction of sp³-hybridized carbons (Fsp3) is 0.250. The Morgan fingerprint density at radius 3 is 2.60 bits per heavy atom. The summed E-state index contributed by atoms with van der Waals surface area (Å²) in [5.41, 5.74) is 2.95. The molecule has 0 radical (unpaired) electrons. The SMILES string of the molecule is COc1cc(C)c(Br)cc1C(O)Cc1cccc(Br)c1. The molecule has 0 spiro atoms. The molecule has 2 rings (SSSR count). The van der Waals surface area contributed by atoms with Crippen molar-refractivity contribution in [1.29, 1.82) is 0 Å². The van der Waals surface area contributed by atoms with Crippen molar-refractivity contribution >= 4 is 31.9 Å². The molecule has 106 valence electrons. The number of rotatable bonds is 4. The minimum Gasteiger partial charge on any atom is -0.496 e. The molecule has 0 aliphatic carbocycles. The normalized spacial score (nSPS) is 12.2. The zero-order chi connectivity index (χ0) is 14.7. The van der Waals surface area contributed by atoms with Crippen LogP contribution in [0.5, 0.6) is 5.75 Å². The van der Waals surface area contributed by atoms with Crippen LogP contribution in [0.25, 0.3) is 0 Å². The smallest absolute Gasteiger partial charge is 0.125 e. The van der Waals surface area contributed by atoms with E-state index in [1.54, 1.807) is 7.11 Å². The van der Waals surface area contributed by atoms with E-state index in [-0.39, 0.29) is 0 Å². The lowest BCUT2D eigenvalue weighted by atomic mass is 9.99. The van der Waals surface area contributed by atoms with E-state index in [4.69, 9.17) is 4.74 Å². The lowest BCUT2D eigenvalue weighted by molar-refractivity contribution is 0.174. The molecule has 0 amide bonds. The fourth-order valence-corrected chi connectivity index (χ4v) is 2.91. The molecule has 2 nitrogen and oxygen atoms in total. The Balaban J connectivity index is 2.29. The Morgan fingerprint density at radius 1 is 1.20 bits per heavy atom. The average molecular weight is 400 g/mol. The van der Waals surface area contributed by atoms with Crippen LogP contribution in [0.1, 0.15) is 22.8 Å². The molecular weight excluding hydrogens is 384 g/mol. The third-order valence-electron chi connectivity index (χ3n) is 3.19. The highest BCUT2D eigenvalue weighted by molar-refractivity contribution is 9.10. The third-order valence-corrected chi connectivity index (χ3v) is 4.54. The second kappa shape index (κ2) is 6.74. The third kappa shape index (κ3) is 3.62. The molecule has 1 atom stereocenters. The van der Waals surface area contributed by atoms with Gasteiger partial charge in [-0.3, -0.25) is 0 Å². The first-order valence-corrected chi connectivity index (χ1v) is 7.86. The summed E-state index contributed by atoms with van der Waals surface area (Å²) >= 11 is 6.94. The van der Waals surface area contributed by atoms with Gasteiger partial charge in [-0.05, 0) is 42.3 Å². The topological polar surface area (TPSA) is 29.5 Å². The van der Waals surface area contributed by atoms with Crippen molar-refractivity contribution in [1.82, 2.24) is 0 Å². The van der Waals surface area contributed by atoms with Crippen LogP contribution in [0, 0.1) is 6.92 Å². The van der Waals surface area contributed by atoms with Gasteiger partial charge in [-0.15, -0.1) is 0 Å². The molecule has 0 fully saturated rings. The van der Waals surface area contributed by atoms with Gasteiger partial charge in [0, 0.05) is 20.9 Å². The minimum absolute atomic E-state index is 0.547. The molecular formula is C16H16Br2O2. The molecule has 0 aliphatic heterocycles. The number of aliphatic hydroxyl groups is 1. The second-order valence-corrected chi connectivity index (χ2v) is 6.46. The van der Waals surface area contributed by atoms with E-state index < -0.39 is 6.10 Å². The summed E-state index contributed by atoms with van der Waals surface area (Å²) in [5, 5.41) is 10.5. The molecule has 0 aromatic heterocycles. The van der Waals surface area contributed by atoms with Crippen molar-refractivity contribution in [2.75, 3.05) is 7.11 Å². The highest BCUT2D eigenvalue weighted by atomic mass is 79.9. The van der Waals surface area contributed by atoms with Crippen LogP contribution in [0.2, 0.25) is 0 Å². The van der Waals surface area contributed by atoms with Crippen molar-refractivity contribution < 1.29 is 9.84 Å². The Labute approximate surface area is 136 Å². The number of hydrogen-bond donors (Lipinski definition) is 1. The zero-order valence-electron chi connectivity index (χ0n) is 11.4. The predicted octanol–water partition coefficient (Wildman–Crippen LogP) is 4.80. The second-order valence-electron chi connectivity index (χ2n) is 4.69. The van der Waals surface area contributed by atoms with E-state index in [1.807, 2.05) is 43.3 Å². The Kier molecular flexibility index (Phi) is 5.24. The van der Waals surface area contributed by atoms with Crippen LogP contribution in [0.3, 0.4) is 0 Å². The molecule has 1 unspecified atom stereocenters. The number of benzene rings is 2. The highest BCUT2D eigenvalue weighted by Gasteiger charge is 2.16. The van der Waals surface area contributed by atoms with Gasteiger partial charge in [-0.25, -0.2) is 0 Å². The maximum Gasteiger partial charge on any atom is 0.125 e. The van der Waals surface area contributed by atoms with Gasteiger partial charge in [-0.1, -0.05) is 44.0 Å². The van der Waals surface area contributed by atoms with Crippen LogP contribution >= 0.6 is 31.9 Å². The lowest BCUT2D eigenvalue weighted by Gasteiger charge is -2.16. The van der Waals surface area contributed by atoms with Crippen LogP contribution in [0.15, 0.2) is 45.3 Å². The van der Waals surface area contributed by atoms with Crippen molar-refractivity contribution in [2.24, 2.45) is 0 Å². The summed E-state index contributed by atoms with van der Waals surface area (Å²) in [4.78, 5) is 0. The molecule has 2 aromatic carbocycles. The van der Waals surface area contributed by atoms with Gasteiger partial charge in [0.05, 0.1) is 13.2 Å². The summed E-state index contributed by atoms with van der Waals surface area (Å²) in [7, 11) is 1.62. The molecule has 4 heteroatoms. The number of aryl methyl sites for hydroxylation is 1. The molecule has 0 heterocycles. The maximum atomic E-state index is 10.5. The number of hydrogen-bond acceptors (Lipinski definition) is 2. The van der Waals surface area contributed by atoms with Gasteiger partial charge in [0.2, 0.25) is 0 Å². The molecule has 2 aromatic rings. The summed E-state index contributed by atoms with van der Waals surface area (Å²) in [6.07, 6.45) is -0.0539. The number of ether oxygens (including phenoxy) is 1. The van der Waals surface area contributed by atoms with Crippen LogP contribution in [-0.2, 0) is 6.42 Å². The number of aliphatic hydroxyl groups excluding tert-OH is 1. The summed E-state index contributed by atoms with van der Waals surface area (Å²) in [5.74, 6) is 0.716. The number of methoxy groups -OCH3 is 1. The molecule has 1 N–H and O–H groups in total. The Morgan fingerprint density at radius 2 is 1.95 bits per heavy atom. The van der Waals surface area contributed by atoms with Crippen LogP contribution in [-0.4, -0.2) is 12.2 Å². The van der Waals surface area contributed by atoms with Crippen molar-refractivity contribution in [2.45, 2.75) is 19.4 Å². The number of halogens is 2. The van der Waals surface area contributed by atoms with Gasteiger partial charge in [-0.2, -0.15) is 0 Å². The van der Waals surface area contributed by atoms with Crippen molar-refractivity contribution in [3.8, 4) is 5.75 Å². The lowest BCUT2D eigenvalue weighted by Crippen LogP contribution is -2.05. The van der Waals surface area contributed by atoms with Crippen LogP contribution < -0.4 is 4.74 Å². The van der Waals surface area contributed by atoms with Gasteiger partial charge >= 0.3 is 0 Å². The van der Waals surface area contributed by atoms with Gasteiger partial charge < -0.3 is 9.84 Å². The van der Waals surface area contributed by atoms with Gasteiger partial charge in [0.25, 0.3) is 0 Å². The minimum atomic E-state index is -0.601. The molecule has 0 saturated carbocycles. The monoisotopic (exact) mass is 398 g/mol. The van der Waals surface area contributed by atoms with E-state index in [0.717, 1.165) is 25.6 Å². The predicted molar refractivity (Wildman–Crippen MR) is 88.2 cm³/mol. The molecule has 0 saturated heterocycles. The first kappa shape index (κ1) is 15.5. The van der Waals surface area contributed by atoms with E-state index in [1.165, 1.54) is 0 Å². The van der Waals surface area contributed by atoms with E-state index in [2.05, 4.69) is 31.9 Å². The standard InChI is InChI=1S/C16H16Br2O2/c1-10-6-16(20-2)13(9-14(10)18)15(19)8-11-4-3-5-12(17)7-11/h3-7,9,15,19H,8H2,1-2H3. The first-order chi connectivity index (χ1) is 9.51. The Bertz CT molecular complexity index is 611. The molecule has 0 aliphatic rings. The van der Waals surface area contributed by atoms with E-state index in [9.17, 15) is 5.11 Å². The molecule has 20 heavy (non-hydrogen) atoms. The summed E-state index contributed by atoms with van der Waals surface area (Å²) in [6, 6.07) is 11.8.